The quantitative estimate of drug-likeness (QED) is 0.496. The summed E-state index contributed by atoms with van der Waals surface area (Å²) in [5, 5.41) is 7.32. The highest BCUT2D eigenvalue weighted by Crippen LogP contribution is 2.04. The lowest BCUT2D eigenvalue weighted by atomic mass is 10.1. The lowest BCUT2D eigenvalue weighted by molar-refractivity contribution is 0.627. The molecule has 0 amide bonds. The summed E-state index contributed by atoms with van der Waals surface area (Å²) in [5.74, 6) is 1.06. The van der Waals surface area contributed by atoms with Gasteiger partial charge in [0.1, 0.15) is 0 Å². The number of rotatable bonds is 6. The Bertz CT molecular complexity index is 90.5. The van der Waals surface area contributed by atoms with Crippen LogP contribution in [0.2, 0.25) is 0 Å². The minimum absolute atomic E-state index is 1.06. The minimum Gasteiger partial charge on any atom is -0.199 e. The smallest absolute Gasteiger partial charge is 0.0587 e. The van der Waals surface area contributed by atoms with Crippen LogP contribution in [-0.4, -0.2) is 5.75 Å². The highest BCUT2D eigenvalue weighted by molar-refractivity contribution is 7.80. The van der Waals surface area contributed by atoms with Crippen molar-refractivity contribution in [2.24, 2.45) is 0 Å². The molecule has 1 nitrogen and oxygen atoms in total. The van der Waals surface area contributed by atoms with Gasteiger partial charge in [0.25, 0.3) is 0 Å². The van der Waals surface area contributed by atoms with Gasteiger partial charge in [0, 0.05) is 6.92 Å². The van der Waals surface area contributed by atoms with Crippen molar-refractivity contribution in [2.75, 3.05) is 5.75 Å². The molecular weight excluding hydrogens is 166 g/mol. The van der Waals surface area contributed by atoms with Crippen LogP contribution < -0.4 is 0 Å². The van der Waals surface area contributed by atoms with Gasteiger partial charge in [0.05, 0.1) is 6.07 Å². The predicted molar refractivity (Wildman–Crippen MR) is 58.5 cm³/mol. The van der Waals surface area contributed by atoms with Crippen LogP contribution >= 0.6 is 12.6 Å². The Morgan fingerprint density at radius 3 is 1.92 bits per heavy atom. The number of thiol groups is 1. The van der Waals surface area contributed by atoms with Crippen molar-refractivity contribution in [3.05, 3.63) is 0 Å². The first kappa shape index (κ1) is 14.4. The Hall–Kier alpha value is -0.160. The molecule has 0 aliphatic heterocycles. The highest BCUT2D eigenvalue weighted by atomic mass is 32.1. The number of unbranched alkanes of at least 4 members (excludes halogenated alkanes) is 5. The van der Waals surface area contributed by atoms with Gasteiger partial charge in [-0.3, -0.25) is 0 Å². The van der Waals surface area contributed by atoms with Crippen LogP contribution in [0.5, 0.6) is 0 Å². The maximum atomic E-state index is 7.32. The summed E-state index contributed by atoms with van der Waals surface area (Å²) in [4.78, 5) is 0. The molecule has 0 radical (unpaired) electrons. The summed E-state index contributed by atoms with van der Waals surface area (Å²) < 4.78 is 0. The molecule has 2 heteroatoms. The number of nitrogens with zero attached hydrogens (tertiary/aromatic N) is 1. The largest absolute Gasteiger partial charge is 0.199 e. The van der Waals surface area contributed by atoms with Crippen LogP contribution in [0.1, 0.15) is 52.4 Å². The van der Waals surface area contributed by atoms with Crippen molar-refractivity contribution in [2.45, 2.75) is 52.4 Å². The molecule has 0 unspecified atom stereocenters. The summed E-state index contributed by atoms with van der Waals surface area (Å²) in [6.07, 6.45) is 8.27. The van der Waals surface area contributed by atoms with Crippen LogP contribution in [0.4, 0.5) is 0 Å². The Labute approximate surface area is 82.6 Å². The molecule has 0 aliphatic carbocycles. The molecule has 0 spiro atoms. The summed E-state index contributed by atoms with van der Waals surface area (Å²) in [5.41, 5.74) is 0. The first-order valence-electron chi connectivity index (χ1n) is 4.75. The van der Waals surface area contributed by atoms with E-state index in [4.69, 9.17) is 5.26 Å². The van der Waals surface area contributed by atoms with Gasteiger partial charge >= 0.3 is 0 Å². The molecule has 0 atom stereocenters. The van der Waals surface area contributed by atoms with E-state index in [0.717, 1.165) is 5.75 Å². The first-order chi connectivity index (χ1) is 5.83. The second-order valence-corrected chi connectivity index (χ2v) is 3.16. The van der Waals surface area contributed by atoms with Crippen LogP contribution in [-0.2, 0) is 0 Å². The molecule has 0 fully saturated rings. The van der Waals surface area contributed by atoms with E-state index in [1.807, 2.05) is 0 Å². The van der Waals surface area contributed by atoms with Gasteiger partial charge in [-0.2, -0.15) is 17.9 Å². The SMILES string of the molecule is CC#N.CCCCCCCCS. The minimum atomic E-state index is 1.06. The van der Waals surface area contributed by atoms with Gasteiger partial charge in [-0.25, -0.2) is 0 Å². The topological polar surface area (TPSA) is 23.8 Å². The van der Waals surface area contributed by atoms with E-state index < -0.39 is 0 Å². The second kappa shape index (κ2) is 17.1. The number of hydrogen-bond donors (Lipinski definition) is 1. The number of hydrogen-bond acceptors (Lipinski definition) is 2. The lowest BCUT2D eigenvalue weighted by Crippen LogP contribution is -1.78. The number of nitriles is 1. The molecule has 0 aromatic heterocycles. The van der Waals surface area contributed by atoms with Gasteiger partial charge in [0.2, 0.25) is 0 Å². The predicted octanol–water partition coefficient (Wildman–Crippen LogP) is 3.81. The first-order valence-corrected chi connectivity index (χ1v) is 5.38. The maximum Gasteiger partial charge on any atom is 0.0587 e. The normalized spacial score (nSPS) is 8.17. The molecule has 0 saturated carbocycles. The van der Waals surface area contributed by atoms with Crippen LogP contribution in [0.3, 0.4) is 0 Å². The van der Waals surface area contributed by atoms with Crippen LogP contribution in [0.25, 0.3) is 0 Å². The summed E-state index contributed by atoms with van der Waals surface area (Å²) in [6.45, 7) is 3.68. The average molecular weight is 187 g/mol. The summed E-state index contributed by atoms with van der Waals surface area (Å²) >= 11 is 4.15. The monoisotopic (exact) mass is 187 g/mol. The third-order valence-corrected chi connectivity index (χ3v) is 1.83. The maximum absolute atomic E-state index is 7.32. The molecule has 0 aliphatic rings. The van der Waals surface area contributed by atoms with Gasteiger partial charge < -0.3 is 0 Å². The van der Waals surface area contributed by atoms with Gasteiger partial charge in [-0.1, -0.05) is 39.0 Å². The van der Waals surface area contributed by atoms with Crippen LogP contribution in [0.15, 0.2) is 0 Å². The second-order valence-electron chi connectivity index (χ2n) is 2.71. The Balaban J connectivity index is 0. The van der Waals surface area contributed by atoms with Crippen molar-refractivity contribution >= 4 is 12.6 Å². The fourth-order valence-electron chi connectivity index (χ4n) is 0.892. The average Bonchev–Trinajstić information content (AvgIpc) is 2.06. The molecule has 0 aromatic rings. The summed E-state index contributed by atoms with van der Waals surface area (Å²) in [6, 6.07) is 1.75. The van der Waals surface area contributed by atoms with Crippen molar-refractivity contribution in [3.63, 3.8) is 0 Å². The van der Waals surface area contributed by atoms with Crippen LogP contribution in [0, 0.1) is 11.3 Å². The van der Waals surface area contributed by atoms with E-state index in [1.165, 1.54) is 45.4 Å². The van der Waals surface area contributed by atoms with Crippen molar-refractivity contribution < 1.29 is 0 Å². The molecule has 0 bridgehead atoms. The fourth-order valence-corrected chi connectivity index (χ4v) is 1.12. The molecule has 0 aromatic carbocycles. The van der Waals surface area contributed by atoms with Gasteiger partial charge in [0.15, 0.2) is 0 Å². The van der Waals surface area contributed by atoms with E-state index in [-0.39, 0.29) is 0 Å². The van der Waals surface area contributed by atoms with E-state index in [9.17, 15) is 0 Å². The van der Waals surface area contributed by atoms with E-state index in [1.54, 1.807) is 6.07 Å². The van der Waals surface area contributed by atoms with Crippen molar-refractivity contribution in [3.8, 4) is 6.07 Å². The molecule has 0 rings (SSSR count). The Morgan fingerprint density at radius 1 is 1.08 bits per heavy atom. The zero-order valence-corrected chi connectivity index (χ0v) is 9.24. The molecule has 0 N–H and O–H groups in total. The van der Waals surface area contributed by atoms with E-state index in [2.05, 4.69) is 19.6 Å². The fraction of sp³-hybridized carbons (Fsp3) is 0.900. The molecular formula is C10H21NS. The summed E-state index contributed by atoms with van der Waals surface area (Å²) in [7, 11) is 0. The highest BCUT2D eigenvalue weighted by Gasteiger charge is 1.86. The van der Waals surface area contributed by atoms with Gasteiger partial charge in [-0.15, -0.1) is 0 Å². The lowest BCUT2D eigenvalue weighted by Gasteiger charge is -1.95. The molecule has 0 heterocycles. The third-order valence-electron chi connectivity index (χ3n) is 1.51. The van der Waals surface area contributed by atoms with E-state index >= 15 is 0 Å². The zero-order chi connectivity index (χ0) is 9.66. The van der Waals surface area contributed by atoms with Crippen molar-refractivity contribution in [1.29, 1.82) is 5.26 Å². The van der Waals surface area contributed by atoms with E-state index in [0.29, 0.717) is 0 Å². The zero-order valence-electron chi connectivity index (χ0n) is 8.34. The van der Waals surface area contributed by atoms with Crippen molar-refractivity contribution in [1.82, 2.24) is 0 Å². The molecule has 12 heavy (non-hydrogen) atoms. The third kappa shape index (κ3) is 22.5. The standard InChI is InChI=1S/C8H18S.C2H3N/c1-2-3-4-5-6-7-8-9;1-2-3/h9H,2-8H2,1H3;1H3. The van der Waals surface area contributed by atoms with Gasteiger partial charge in [-0.05, 0) is 12.2 Å². The Kier molecular flexibility index (Phi) is 20.4. The molecule has 0 saturated heterocycles. The Morgan fingerprint density at radius 2 is 1.50 bits per heavy atom. The molecule has 72 valence electrons.